The molecule has 1 heterocycles. The average molecular weight is 258 g/mol. The fourth-order valence-electron chi connectivity index (χ4n) is 1.56. The maximum Gasteiger partial charge on any atom is 0.343 e. The molecule has 0 radical (unpaired) electrons. The van der Waals surface area contributed by atoms with Gasteiger partial charge in [-0.05, 0) is 42.8 Å². The number of benzene rings is 1. The summed E-state index contributed by atoms with van der Waals surface area (Å²) in [5, 5.41) is 0. The van der Waals surface area contributed by atoms with Crippen LogP contribution in [-0.2, 0) is 4.74 Å². The van der Waals surface area contributed by atoms with Crippen LogP contribution >= 0.6 is 0 Å². The zero-order chi connectivity index (χ0) is 13.8. The first-order chi connectivity index (χ1) is 9.11. The highest BCUT2D eigenvalue weighted by Crippen LogP contribution is 2.26. The molecule has 0 atom stereocenters. The first-order valence-electron chi connectivity index (χ1n) is 5.69. The van der Waals surface area contributed by atoms with Gasteiger partial charge in [-0.25, -0.2) is 9.78 Å². The van der Waals surface area contributed by atoms with Gasteiger partial charge in [-0.2, -0.15) is 0 Å². The highest BCUT2D eigenvalue weighted by molar-refractivity contribution is 5.91. The van der Waals surface area contributed by atoms with E-state index in [0.717, 1.165) is 5.56 Å². The van der Waals surface area contributed by atoms with Gasteiger partial charge in [0, 0.05) is 11.9 Å². The average Bonchev–Trinajstić information content (AvgIpc) is 2.43. The van der Waals surface area contributed by atoms with Crippen molar-refractivity contribution in [2.75, 3.05) is 12.8 Å². The number of carbonyl (C=O) groups excluding carboxylic acids is 1. The number of hydrogen-bond acceptors (Lipinski definition) is 5. The van der Waals surface area contributed by atoms with Gasteiger partial charge in [-0.1, -0.05) is 0 Å². The Balaban J connectivity index is 2.32. The molecule has 0 fully saturated rings. The lowest BCUT2D eigenvalue weighted by Crippen LogP contribution is -2.05. The number of aryl methyl sites for hydroxylation is 1. The van der Waals surface area contributed by atoms with Crippen molar-refractivity contribution in [2.45, 2.75) is 6.92 Å². The minimum Gasteiger partial charge on any atom is -0.465 e. The van der Waals surface area contributed by atoms with E-state index in [-0.39, 0.29) is 11.4 Å². The van der Waals surface area contributed by atoms with Crippen LogP contribution in [0, 0.1) is 6.92 Å². The molecule has 98 valence electrons. The van der Waals surface area contributed by atoms with Crippen molar-refractivity contribution in [1.82, 2.24) is 4.98 Å². The van der Waals surface area contributed by atoms with Crippen LogP contribution in [0.5, 0.6) is 11.6 Å². The van der Waals surface area contributed by atoms with Crippen LogP contribution in [0.25, 0.3) is 0 Å². The lowest BCUT2D eigenvalue weighted by Gasteiger charge is -2.09. The molecule has 0 saturated heterocycles. The summed E-state index contributed by atoms with van der Waals surface area (Å²) < 4.78 is 10.3. The summed E-state index contributed by atoms with van der Waals surface area (Å²) in [4.78, 5) is 15.6. The molecule has 19 heavy (non-hydrogen) atoms. The molecule has 0 spiro atoms. The first-order valence-corrected chi connectivity index (χ1v) is 5.69. The number of rotatable bonds is 3. The van der Waals surface area contributed by atoms with E-state index in [0.29, 0.717) is 11.4 Å². The Bertz CT molecular complexity index is 611. The summed E-state index contributed by atoms with van der Waals surface area (Å²) >= 11 is 0. The highest BCUT2D eigenvalue weighted by Gasteiger charge is 2.14. The smallest absolute Gasteiger partial charge is 0.343 e. The minimum atomic E-state index is -0.490. The fourth-order valence-corrected chi connectivity index (χ4v) is 1.56. The van der Waals surface area contributed by atoms with E-state index in [4.69, 9.17) is 10.5 Å². The van der Waals surface area contributed by atoms with Crippen LogP contribution in [-0.4, -0.2) is 18.1 Å². The fraction of sp³-hybridized carbons (Fsp3) is 0.143. The molecule has 0 aliphatic carbocycles. The van der Waals surface area contributed by atoms with Gasteiger partial charge in [0.1, 0.15) is 11.3 Å². The van der Waals surface area contributed by atoms with Crippen molar-refractivity contribution < 1.29 is 14.3 Å². The van der Waals surface area contributed by atoms with E-state index in [1.165, 1.54) is 7.11 Å². The standard InChI is InChI=1S/C14H14N2O3/c1-9-8-10(5-6-12(9)15)19-13-11(14(17)18-2)4-3-7-16-13/h3-8H,15H2,1-2H3. The molecule has 1 aromatic carbocycles. The summed E-state index contributed by atoms with van der Waals surface area (Å²) in [6, 6.07) is 8.49. The number of nitrogens with two attached hydrogens (primary N) is 1. The van der Waals surface area contributed by atoms with E-state index in [9.17, 15) is 4.79 Å². The SMILES string of the molecule is COC(=O)c1cccnc1Oc1ccc(N)c(C)c1. The normalized spacial score (nSPS) is 10.0. The van der Waals surface area contributed by atoms with Crippen LogP contribution in [0.4, 0.5) is 5.69 Å². The van der Waals surface area contributed by atoms with Gasteiger partial charge in [-0.15, -0.1) is 0 Å². The Morgan fingerprint density at radius 3 is 2.79 bits per heavy atom. The van der Waals surface area contributed by atoms with Crippen molar-refractivity contribution in [1.29, 1.82) is 0 Å². The molecule has 5 heteroatoms. The molecule has 5 nitrogen and oxygen atoms in total. The molecule has 0 aliphatic rings. The second kappa shape index (κ2) is 5.39. The molecule has 2 N–H and O–H groups in total. The Hall–Kier alpha value is -2.56. The lowest BCUT2D eigenvalue weighted by atomic mass is 10.2. The van der Waals surface area contributed by atoms with Gasteiger partial charge in [0.2, 0.25) is 5.88 Å². The Morgan fingerprint density at radius 2 is 2.11 bits per heavy atom. The summed E-state index contributed by atoms with van der Waals surface area (Å²) in [5.74, 6) is 0.282. The number of hydrogen-bond donors (Lipinski definition) is 1. The Morgan fingerprint density at radius 1 is 1.32 bits per heavy atom. The monoisotopic (exact) mass is 258 g/mol. The third-order valence-corrected chi connectivity index (χ3v) is 2.63. The Kier molecular flexibility index (Phi) is 3.66. The zero-order valence-corrected chi connectivity index (χ0v) is 10.7. The van der Waals surface area contributed by atoms with Gasteiger partial charge < -0.3 is 15.2 Å². The number of anilines is 1. The van der Waals surface area contributed by atoms with Gasteiger partial charge >= 0.3 is 5.97 Å². The van der Waals surface area contributed by atoms with Gasteiger partial charge in [0.15, 0.2) is 0 Å². The number of carbonyl (C=O) groups is 1. The second-order valence-corrected chi connectivity index (χ2v) is 3.97. The Labute approximate surface area is 111 Å². The summed E-state index contributed by atoms with van der Waals surface area (Å²) in [6.45, 7) is 1.88. The molecule has 1 aromatic heterocycles. The van der Waals surface area contributed by atoms with Crippen molar-refractivity contribution in [2.24, 2.45) is 0 Å². The lowest BCUT2D eigenvalue weighted by molar-refractivity contribution is 0.0597. The number of nitrogens with zero attached hydrogens (tertiary/aromatic N) is 1. The molecule has 0 saturated carbocycles. The van der Waals surface area contributed by atoms with Gasteiger partial charge in [0.05, 0.1) is 7.11 Å². The largest absolute Gasteiger partial charge is 0.465 e. The molecular weight excluding hydrogens is 244 g/mol. The molecule has 0 bridgehead atoms. The molecule has 2 aromatic rings. The van der Waals surface area contributed by atoms with E-state index in [1.54, 1.807) is 36.5 Å². The van der Waals surface area contributed by atoms with Crippen LogP contribution in [0.15, 0.2) is 36.5 Å². The third kappa shape index (κ3) is 2.82. The van der Waals surface area contributed by atoms with E-state index in [1.807, 2.05) is 6.92 Å². The van der Waals surface area contributed by atoms with Gasteiger partial charge in [0.25, 0.3) is 0 Å². The van der Waals surface area contributed by atoms with Crippen LogP contribution in [0.2, 0.25) is 0 Å². The van der Waals surface area contributed by atoms with Crippen molar-refractivity contribution in [3.05, 3.63) is 47.7 Å². The molecule has 0 amide bonds. The molecule has 0 unspecified atom stereocenters. The number of esters is 1. The van der Waals surface area contributed by atoms with Crippen molar-refractivity contribution >= 4 is 11.7 Å². The van der Waals surface area contributed by atoms with E-state index < -0.39 is 5.97 Å². The quantitative estimate of drug-likeness (QED) is 0.676. The third-order valence-electron chi connectivity index (χ3n) is 2.63. The molecule has 0 aliphatic heterocycles. The predicted molar refractivity (Wildman–Crippen MR) is 71.2 cm³/mol. The number of pyridine rings is 1. The van der Waals surface area contributed by atoms with E-state index >= 15 is 0 Å². The number of ether oxygens (including phenoxy) is 2. The van der Waals surface area contributed by atoms with Crippen LogP contribution in [0.3, 0.4) is 0 Å². The van der Waals surface area contributed by atoms with Gasteiger partial charge in [-0.3, -0.25) is 0 Å². The molecular formula is C14H14N2O3. The minimum absolute atomic E-state index is 0.207. The van der Waals surface area contributed by atoms with Crippen molar-refractivity contribution in [3.8, 4) is 11.6 Å². The number of methoxy groups -OCH3 is 1. The number of nitrogen functional groups attached to an aromatic ring is 1. The summed E-state index contributed by atoms with van der Waals surface area (Å²) in [6.07, 6.45) is 1.55. The predicted octanol–water partition coefficient (Wildman–Crippen LogP) is 2.55. The topological polar surface area (TPSA) is 74.4 Å². The first kappa shape index (κ1) is 12.9. The summed E-state index contributed by atoms with van der Waals surface area (Å²) in [5.41, 5.74) is 7.59. The highest BCUT2D eigenvalue weighted by atomic mass is 16.5. The zero-order valence-electron chi connectivity index (χ0n) is 10.7. The van der Waals surface area contributed by atoms with Crippen LogP contribution in [0.1, 0.15) is 15.9 Å². The summed E-state index contributed by atoms with van der Waals surface area (Å²) in [7, 11) is 1.31. The number of aromatic nitrogens is 1. The maximum atomic E-state index is 11.6. The molecule has 2 rings (SSSR count). The second-order valence-electron chi connectivity index (χ2n) is 3.97. The van der Waals surface area contributed by atoms with Crippen molar-refractivity contribution in [3.63, 3.8) is 0 Å². The van der Waals surface area contributed by atoms with E-state index in [2.05, 4.69) is 9.72 Å². The maximum absolute atomic E-state index is 11.6. The van der Waals surface area contributed by atoms with Crippen LogP contribution < -0.4 is 10.5 Å².